The van der Waals surface area contributed by atoms with Gasteiger partial charge in [-0.15, -0.1) is 0 Å². The maximum atomic E-state index is 12.6. The van der Waals surface area contributed by atoms with Crippen molar-refractivity contribution in [3.63, 3.8) is 0 Å². The molecule has 2 aliphatic rings. The predicted molar refractivity (Wildman–Crippen MR) is 133 cm³/mol. The minimum Gasteiger partial charge on any atom is -0.497 e. The Morgan fingerprint density at radius 1 is 0.853 bits per heavy atom. The zero-order valence-electron chi connectivity index (χ0n) is 19.6. The molecule has 5 rings (SSSR count). The summed E-state index contributed by atoms with van der Waals surface area (Å²) in [5.41, 5.74) is 3.69. The van der Waals surface area contributed by atoms with Crippen LogP contribution in [-0.4, -0.2) is 55.3 Å². The van der Waals surface area contributed by atoms with Gasteiger partial charge >= 0.3 is 0 Å². The second-order valence-electron chi connectivity index (χ2n) is 8.97. The number of hydrogen-bond donors (Lipinski definition) is 2. The summed E-state index contributed by atoms with van der Waals surface area (Å²) in [5, 5.41) is 6.80. The summed E-state index contributed by atoms with van der Waals surface area (Å²) in [5.74, 6) is 0.883. The molecule has 6 heteroatoms. The molecule has 0 bridgehead atoms. The minimum atomic E-state index is -0.175. The zero-order chi connectivity index (χ0) is 23.3. The third-order valence-electron chi connectivity index (χ3n) is 6.85. The highest BCUT2D eigenvalue weighted by atomic mass is 16.5. The summed E-state index contributed by atoms with van der Waals surface area (Å²) in [7, 11) is 1.67. The number of benzene rings is 3. The molecule has 1 amide bonds. The molecule has 2 heterocycles. The van der Waals surface area contributed by atoms with Crippen LogP contribution < -0.4 is 15.4 Å². The predicted octanol–water partition coefficient (Wildman–Crippen LogP) is 3.54. The van der Waals surface area contributed by atoms with Gasteiger partial charge in [-0.25, -0.2) is 0 Å². The normalized spacial score (nSPS) is 21.9. The molecule has 0 saturated carbocycles. The lowest BCUT2D eigenvalue weighted by Gasteiger charge is -2.45. The molecule has 3 aromatic rings. The number of methoxy groups -OCH3 is 1. The second kappa shape index (κ2) is 10.4. The number of hydrogen-bond acceptors (Lipinski definition) is 5. The van der Waals surface area contributed by atoms with Crippen LogP contribution in [0.25, 0.3) is 0 Å². The lowest BCUT2D eigenvalue weighted by atomic mass is 9.96. The molecule has 2 fully saturated rings. The first-order valence-corrected chi connectivity index (χ1v) is 12.0. The van der Waals surface area contributed by atoms with Crippen LogP contribution in [0.5, 0.6) is 5.75 Å². The lowest BCUT2D eigenvalue weighted by Crippen LogP contribution is -2.64. The fourth-order valence-corrected chi connectivity index (χ4v) is 5.10. The fraction of sp³-hybridized carbons (Fsp3) is 0.321. The van der Waals surface area contributed by atoms with Crippen LogP contribution in [-0.2, 0) is 4.79 Å². The lowest BCUT2D eigenvalue weighted by molar-refractivity contribution is -0.127. The van der Waals surface area contributed by atoms with Gasteiger partial charge in [0.05, 0.1) is 13.2 Å². The molecule has 2 aliphatic heterocycles. The zero-order valence-corrected chi connectivity index (χ0v) is 19.6. The maximum absolute atomic E-state index is 12.6. The smallest absolute Gasteiger partial charge is 0.224 e. The van der Waals surface area contributed by atoms with Crippen LogP contribution >= 0.6 is 0 Å². The Morgan fingerprint density at radius 3 is 2.12 bits per heavy atom. The first-order valence-electron chi connectivity index (χ1n) is 12.0. The van der Waals surface area contributed by atoms with Crippen molar-refractivity contribution in [2.45, 2.75) is 24.8 Å². The monoisotopic (exact) mass is 456 g/mol. The van der Waals surface area contributed by atoms with Crippen LogP contribution in [0.1, 0.15) is 35.2 Å². The molecule has 34 heavy (non-hydrogen) atoms. The Balaban J connectivity index is 1.28. The molecule has 6 nitrogen and oxygen atoms in total. The SMILES string of the molecule is COc1cccc(C2CC(=O)NC(N3CCN(C(c4ccccc4)c4ccccc4)CC3)N2)c1. The summed E-state index contributed by atoms with van der Waals surface area (Å²) in [6, 6.07) is 29.6. The number of piperazine rings is 1. The van der Waals surface area contributed by atoms with Gasteiger partial charge < -0.3 is 10.1 Å². The number of carbonyl (C=O) groups excluding carboxylic acids is 1. The van der Waals surface area contributed by atoms with Crippen molar-refractivity contribution in [3.8, 4) is 5.75 Å². The number of carbonyl (C=O) groups is 1. The second-order valence-corrected chi connectivity index (χ2v) is 8.97. The van der Waals surface area contributed by atoms with E-state index in [9.17, 15) is 4.79 Å². The Morgan fingerprint density at radius 2 is 1.50 bits per heavy atom. The van der Waals surface area contributed by atoms with E-state index in [0.717, 1.165) is 37.5 Å². The van der Waals surface area contributed by atoms with Crippen molar-refractivity contribution in [2.24, 2.45) is 0 Å². The van der Waals surface area contributed by atoms with Gasteiger partial charge in [0.25, 0.3) is 0 Å². The molecule has 2 N–H and O–H groups in total. The maximum Gasteiger partial charge on any atom is 0.224 e. The Labute approximate surface area is 201 Å². The Hall–Kier alpha value is -3.19. The van der Waals surface area contributed by atoms with Crippen LogP contribution in [0.15, 0.2) is 84.9 Å². The molecule has 2 unspecified atom stereocenters. The third-order valence-corrected chi connectivity index (χ3v) is 6.85. The van der Waals surface area contributed by atoms with E-state index in [1.54, 1.807) is 7.11 Å². The van der Waals surface area contributed by atoms with Crippen LogP contribution in [0.2, 0.25) is 0 Å². The van der Waals surface area contributed by atoms with E-state index in [0.29, 0.717) is 6.42 Å². The molecule has 0 aliphatic carbocycles. The number of rotatable bonds is 6. The van der Waals surface area contributed by atoms with Crippen molar-refractivity contribution >= 4 is 5.91 Å². The molecule has 0 aromatic heterocycles. The van der Waals surface area contributed by atoms with Gasteiger partial charge in [-0.05, 0) is 28.8 Å². The average Bonchev–Trinajstić information content (AvgIpc) is 2.90. The summed E-state index contributed by atoms with van der Waals surface area (Å²) in [4.78, 5) is 17.5. The molecule has 3 aromatic carbocycles. The highest BCUT2D eigenvalue weighted by Crippen LogP contribution is 2.30. The molecule has 2 saturated heterocycles. The van der Waals surface area contributed by atoms with E-state index in [2.05, 4.69) is 87.2 Å². The third kappa shape index (κ3) is 4.99. The minimum absolute atomic E-state index is 0.0340. The van der Waals surface area contributed by atoms with Crippen LogP contribution in [0.3, 0.4) is 0 Å². The van der Waals surface area contributed by atoms with E-state index >= 15 is 0 Å². The standard InChI is InChI=1S/C28H32N4O2/c1-34-24-14-8-13-23(19-24)25-20-26(33)30-28(29-25)32-17-15-31(16-18-32)27(21-9-4-2-5-10-21)22-11-6-3-7-12-22/h2-14,19,25,27-29H,15-18,20H2,1H3,(H,30,33). The molecule has 2 atom stereocenters. The van der Waals surface area contributed by atoms with E-state index in [1.165, 1.54) is 11.1 Å². The molecule has 0 radical (unpaired) electrons. The quantitative estimate of drug-likeness (QED) is 0.594. The van der Waals surface area contributed by atoms with Crippen molar-refractivity contribution in [3.05, 3.63) is 102 Å². The van der Waals surface area contributed by atoms with E-state index in [4.69, 9.17) is 4.74 Å². The Kier molecular flexibility index (Phi) is 6.90. The van der Waals surface area contributed by atoms with E-state index in [1.807, 2.05) is 18.2 Å². The number of ether oxygens (including phenoxy) is 1. The average molecular weight is 457 g/mol. The van der Waals surface area contributed by atoms with Gasteiger partial charge in [0, 0.05) is 38.6 Å². The van der Waals surface area contributed by atoms with E-state index < -0.39 is 0 Å². The van der Waals surface area contributed by atoms with Gasteiger partial charge in [0.2, 0.25) is 5.91 Å². The number of amides is 1. The van der Waals surface area contributed by atoms with Crippen molar-refractivity contribution in [1.29, 1.82) is 0 Å². The first-order chi connectivity index (χ1) is 16.7. The summed E-state index contributed by atoms with van der Waals surface area (Å²) in [6.45, 7) is 3.59. The van der Waals surface area contributed by atoms with Crippen LogP contribution in [0.4, 0.5) is 0 Å². The summed E-state index contributed by atoms with van der Waals surface area (Å²) >= 11 is 0. The summed E-state index contributed by atoms with van der Waals surface area (Å²) < 4.78 is 5.38. The van der Waals surface area contributed by atoms with Gasteiger partial charge in [-0.2, -0.15) is 0 Å². The molecular weight excluding hydrogens is 424 g/mol. The van der Waals surface area contributed by atoms with Crippen LogP contribution in [0, 0.1) is 0 Å². The highest BCUT2D eigenvalue weighted by Gasteiger charge is 2.34. The number of nitrogens with one attached hydrogen (secondary N) is 2. The largest absolute Gasteiger partial charge is 0.497 e. The molecule has 176 valence electrons. The summed E-state index contributed by atoms with van der Waals surface area (Å²) in [6.07, 6.45) is 0.250. The van der Waals surface area contributed by atoms with Gasteiger partial charge in [0.1, 0.15) is 12.0 Å². The molecule has 0 spiro atoms. The Bertz CT molecular complexity index is 1040. The highest BCUT2D eigenvalue weighted by molar-refractivity contribution is 5.78. The topological polar surface area (TPSA) is 56.8 Å². The van der Waals surface area contributed by atoms with Gasteiger partial charge in [-0.1, -0.05) is 72.8 Å². The van der Waals surface area contributed by atoms with E-state index in [-0.39, 0.29) is 24.3 Å². The van der Waals surface area contributed by atoms with Crippen molar-refractivity contribution in [2.75, 3.05) is 33.3 Å². The number of nitrogens with zero attached hydrogens (tertiary/aromatic N) is 2. The van der Waals surface area contributed by atoms with Crippen molar-refractivity contribution < 1.29 is 9.53 Å². The first kappa shape index (κ1) is 22.6. The van der Waals surface area contributed by atoms with Crippen molar-refractivity contribution in [1.82, 2.24) is 20.4 Å². The van der Waals surface area contributed by atoms with Gasteiger partial charge in [-0.3, -0.25) is 19.9 Å². The van der Waals surface area contributed by atoms with Gasteiger partial charge in [0.15, 0.2) is 0 Å². The molecular formula is C28H32N4O2. The fourth-order valence-electron chi connectivity index (χ4n) is 5.10.